The number of hydrogen-bond acceptors (Lipinski definition) is 4. The standard InChI is InChI=1S/C13H10BrIN2O4/c1-2-21-10-6(3-7(14)5-9(10)15)4-8-11(18)16-13(20)17-12(8)19/h3-5H,2H2,1H3,(H2,16,17,18,19,20). The van der Waals surface area contributed by atoms with Crippen LogP contribution in [0.15, 0.2) is 22.2 Å². The Labute approximate surface area is 142 Å². The number of imide groups is 2. The molecule has 1 fully saturated rings. The smallest absolute Gasteiger partial charge is 0.328 e. The van der Waals surface area contributed by atoms with E-state index in [0.29, 0.717) is 17.9 Å². The van der Waals surface area contributed by atoms with Crippen LogP contribution in [0.3, 0.4) is 0 Å². The van der Waals surface area contributed by atoms with Gasteiger partial charge in [-0.25, -0.2) is 4.79 Å². The third-order valence-corrected chi connectivity index (χ3v) is 3.83. The average Bonchev–Trinajstić information content (AvgIpc) is 2.37. The molecule has 1 saturated heterocycles. The molecule has 6 nitrogen and oxygen atoms in total. The number of carbonyl (C=O) groups is 3. The van der Waals surface area contributed by atoms with Crippen molar-refractivity contribution in [3.8, 4) is 5.75 Å². The summed E-state index contributed by atoms with van der Waals surface area (Å²) in [7, 11) is 0. The van der Waals surface area contributed by atoms with Crippen LogP contribution >= 0.6 is 38.5 Å². The van der Waals surface area contributed by atoms with Gasteiger partial charge in [-0.15, -0.1) is 0 Å². The molecule has 4 amide bonds. The molecule has 1 aromatic rings. The van der Waals surface area contributed by atoms with Crippen molar-refractivity contribution in [3.63, 3.8) is 0 Å². The number of nitrogens with one attached hydrogen (secondary N) is 2. The van der Waals surface area contributed by atoms with Crippen molar-refractivity contribution in [2.75, 3.05) is 6.61 Å². The van der Waals surface area contributed by atoms with Gasteiger partial charge in [-0.2, -0.15) is 0 Å². The normalized spacial score (nSPS) is 14.6. The van der Waals surface area contributed by atoms with Crippen molar-refractivity contribution < 1.29 is 19.1 Å². The fourth-order valence-corrected chi connectivity index (χ4v) is 3.45. The van der Waals surface area contributed by atoms with Gasteiger partial charge in [0.2, 0.25) is 0 Å². The number of amides is 4. The van der Waals surface area contributed by atoms with E-state index in [9.17, 15) is 14.4 Å². The summed E-state index contributed by atoms with van der Waals surface area (Å²) in [4.78, 5) is 34.5. The number of barbiturate groups is 1. The number of hydrogen-bond donors (Lipinski definition) is 2. The van der Waals surface area contributed by atoms with E-state index < -0.39 is 17.8 Å². The lowest BCUT2D eigenvalue weighted by atomic mass is 10.1. The molecule has 21 heavy (non-hydrogen) atoms. The predicted molar refractivity (Wildman–Crippen MR) is 87.7 cm³/mol. The second kappa shape index (κ2) is 6.56. The molecule has 2 rings (SSSR count). The number of benzene rings is 1. The van der Waals surface area contributed by atoms with Crippen LogP contribution in [-0.4, -0.2) is 24.5 Å². The number of rotatable bonds is 3. The van der Waals surface area contributed by atoms with Crippen molar-refractivity contribution in [2.24, 2.45) is 0 Å². The van der Waals surface area contributed by atoms with Gasteiger partial charge in [-0.05, 0) is 47.7 Å². The molecule has 0 radical (unpaired) electrons. The Morgan fingerprint density at radius 1 is 1.24 bits per heavy atom. The lowest BCUT2D eigenvalue weighted by molar-refractivity contribution is -0.123. The maximum Gasteiger partial charge on any atom is 0.328 e. The number of halogens is 2. The summed E-state index contributed by atoms with van der Waals surface area (Å²) in [5.41, 5.74) is 0.426. The van der Waals surface area contributed by atoms with Crippen LogP contribution in [0.2, 0.25) is 0 Å². The van der Waals surface area contributed by atoms with Crippen molar-refractivity contribution in [3.05, 3.63) is 31.3 Å². The maximum atomic E-state index is 11.7. The van der Waals surface area contributed by atoms with E-state index >= 15 is 0 Å². The Kier molecular flexibility index (Phi) is 4.99. The van der Waals surface area contributed by atoms with Gasteiger partial charge in [0.1, 0.15) is 11.3 Å². The molecule has 0 atom stereocenters. The lowest BCUT2D eigenvalue weighted by Gasteiger charge is -2.15. The minimum absolute atomic E-state index is 0.149. The first kappa shape index (κ1) is 16.0. The van der Waals surface area contributed by atoms with Crippen LogP contribution in [0.4, 0.5) is 4.79 Å². The van der Waals surface area contributed by atoms with Gasteiger partial charge >= 0.3 is 6.03 Å². The quantitative estimate of drug-likeness (QED) is 0.408. The molecule has 1 aromatic carbocycles. The third kappa shape index (κ3) is 3.62. The van der Waals surface area contributed by atoms with Crippen LogP contribution in [0.1, 0.15) is 12.5 Å². The first-order chi connectivity index (χ1) is 9.92. The molecule has 0 spiro atoms. The van der Waals surface area contributed by atoms with E-state index in [0.717, 1.165) is 8.04 Å². The van der Waals surface area contributed by atoms with Gasteiger partial charge < -0.3 is 4.74 Å². The fraction of sp³-hybridized carbons (Fsp3) is 0.154. The molecular weight excluding hydrogens is 455 g/mol. The van der Waals surface area contributed by atoms with E-state index in [2.05, 4.69) is 38.5 Å². The highest BCUT2D eigenvalue weighted by atomic mass is 127. The highest BCUT2D eigenvalue weighted by Gasteiger charge is 2.28. The van der Waals surface area contributed by atoms with Crippen LogP contribution < -0.4 is 15.4 Å². The van der Waals surface area contributed by atoms with Gasteiger partial charge in [-0.1, -0.05) is 15.9 Å². The Balaban J connectivity index is 2.51. The highest BCUT2D eigenvalue weighted by Crippen LogP contribution is 2.31. The van der Waals surface area contributed by atoms with Crippen molar-refractivity contribution in [2.45, 2.75) is 6.92 Å². The molecule has 0 bridgehead atoms. The predicted octanol–water partition coefficient (Wildman–Crippen LogP) is 2.20. The molecule has 1 aliphatic heterocycles. The zero-order valence-corrected chi connectivity index (χ0v) is 14.6. The van der Waals surface area contributed by atoms with Crippen LogP contribution in [0.5, 0.6) is 5.75 Å². The minimum atomic E-state index is -0.823. The molecule has 1 heterocycles. The Morgan fingerprint density at radius 2 is 1.86 bits per heavy atom. The molecule has 110 valence electrons. The van der Waals surface area contributed by atoms with Gasteiger partial charge in [0, 0.05) is 10.0 Å². The van der Waals surface area contributed by atoms with Gasteiger partial charge in [0.25, 0.3) is 11.8 Å². The van der Waals surface area contributed by atoms with E-state index in [1.807, 2.05) is 23.6 Å². The van der Waals surface area contributed by atoms with Crippen LogP contribution in [0.25, 0.3) is 6.08 Å². The zero-order valence-electron chi connectivity index (χ0n) is 10.8. The largest absolute Gasteiger partial charge is 0.492 e. The molecular formula is C13H10BrIN2O4. The van der Waals surface area contributed by atoms with E-state index in [-0.39, 0.29) is 5.57 Å². The third-order valence-electron chi connectivity index (χ3n) is 2.57. The van der Waals surface area contributed by atoms with Gasteiger partial charge in [0.15, 0.2) is 0 Å². The summed E-state index contributed by atoms with van der Waals surface area (Å²) in [6.45, 7) is 2.29. The Bertz CT molecular complexity index is 650. The first-order valence-corrected chi connectivity index (χ1v) is 7.79. The average molecular weight is 465 g/mol. The molecule has 0 aliphatic carbocycles. The summed E-state index contributed by atoms with van der Waals surface area (Å²) in [5.74, 6) is -0.895. The Morgan fingerprint density at radius 3 is 2.43 bits per heavy atom. The lowest BCUT2D eigenvalue weighted by Crippen LogP contribution is -2.51. The highest BCUT2D eigenvalue weighted by molar-refractivity contribution is 14.1. The van der Waals surface area contributed by atoms with E-state index in [4.69, 9.17) is 4.74 Å². The van der Waals surface area contributed by atoms with Crippen molar-refractivity contribution in [1.82, 2.24) is 10.6 Å². The van der Waals surface area contributed by atoms with Crippen molar-refractivity contribution >= 4 is 62.4 Å². The molecule has 2 N–H and O–H groups in total. The molecule has 8 heteroatoms. The fourth-order valence-electron chi connectivity index (χ4n) is 1.75. The van der Waals surface area contributed by atoms with Gasteiger partial charge in [-0.3, -0.25) is 20.2 Å². The summed E-state index contributed by atoms with van der Waals surface area (Å²) < 4.78 is 7.18. The maximum absolute atomic E-state index is 11.7. The first-order valence-electron chi connectivity index (χ1n) is 5.92. The van der Waals surface area contributed by atoms with Crippen LogP contribution in [0, 0.1) is 3.57 Å². The minimum Gasteiger partial charge on any atom is -0.492 e. The topological polar surface area (TPSA) is 84.5 Å². The number of carbonyl (C=O) groups excluding carboxylic acids is 3. The molecule has 1 aliphatic rings. The Hall–Kier alpha value is -1.42. The van der Waals surface area contributed by atoms with Crippen LogP contribution in [-0.2, 0) is 9.59 Å². The SMILES string of the molecule is CCOc1c(I)cc(Br)cc1C=C1C(=O)NC(=O)NC1=O. The van der Waals surface area contributed by atoms with Gasteiger partial charge in [0.05, 0.1) is 10.2 Å². The summed E-state index contributed by atoms with van der Waals surface area (Å²) in [6.07, 6.45) is 1.40. The molecule has 0 saturated carbocycles. The molecule has 0 unspecified atom stereocenters. The summed E-state index contributed by atoms with van der Waals surface area (Å²) >= 11 is 5.46. The van der Waals surface area contributed by atoms with E-state index in [1.54, 1.807) is 6.07 Å². The number of urea groups is 1. The second-order valence-electron chi connectivity index (χ2n) is 4.03. The summed E-state index contributed by atoms with van der Waals surface area (Å²) in [6, 6.07) is 2.77. The zero-order chi connectivity index (χ0) is 15.6. The monoisotopic (exact) mass is 464 g/mol. The second-order valence-corrected chi connectivity index (χ2v) is 6.11. The van der Waals surface area contributed by atoms with Crippen molar-refractivity contribution in [1.29, 1.82) is 0 Å². The van der Waals surface area contributed by atoms with E-state index in [1.165, 1.54) is 6.08 Å². The summed E-state index contributed by atoms with van der Waals surface area (Å²) in [5, 5.41) is 4.06. The number of ether oxygens (including phenoxy) is 1. The molecule has 0 aromatic heterocycles.